The molecule has 0 bridgehead atoms. The van der Waals surface area contributed by atoms with Crippen molar-refractivity contribution in [2.45, 2.75) is 24.5 Å². The first-order chi connectivity index (χ1) is 5.06. The second-order valence-electron chi connectivity index (χ2n) is 2.69. The first-order valence-corrected chi connectivity index (χ1v) is 4.40. The van der Waals surface area contributed by atoms with Crippen molar-refractivity contribution in [3.63, 3.8) is 0 Å². The van der Waals surface area contributed by atoms with E-state index in [9.17, 15) is 4.79 Å². The van der Waals surface area contributed by atoms with Crippen LogP contribution in [0.3, 0.4) is 0 Å². The van der Waals surface area contributed by atoms with E-state index in [1.807, 2.05) is 0 Å². The molecule has 0 saturated carbocycles. The van der Waals surface area contributed by atoms with E-state index in [4.69, 9.17) is 9.47 Å². The van der Waals surface area contributed by atoms with Crippen molar-refractivity contribution >= 4 is 21.7 Å². The van der Waals surface area contributed by atoms with E-state index in [0.717, 1.165) is 0 Å². The van der Waals surface area contributed by atoms with Crippen LogP contribution in [0.25, 0.3) is 0 Å². The van der Waals surface area contributed by atoms with Crippen LogP contribution in [0.1, 0.15) is 13.8 Å². The van der Waals surface area contributed by atoms with E-state index >= 15 is 0 Å². The van der Waals surface area contributed by atoms with Gasteiger partial charge in [0.1, 0.15) is 10.6 Å². The third kappa shape index (κ3) is 1.80. The molecule has 3 nitrogen and oxygen atoms in total. The normalized spacial score (nSPS) is 25.0. The molecular formula is C7H11BrO3. The molecule has 64 valence electrons. The Balaban J connectivity index is 2.63. The van der Waals surface area contributed by atoms with Crippen molar-refractivity contribution in [3.05, 3.63) is 0 Å². The largest absolute Gasteiger partial charge is 0.346 e. The van der Waals surface area contributed by atoms with Crippen LogP contribution >= 0.6 is 15.9 Å². The lowest BCUT2D eigenvalue weighted by Crippen LogP contribution is -2.40. The lowest BCUT2D eigenvalue weighted by atomic mass is 10.2. The Labute approximate surface area is 74.2 Å². The molecule has 0 aromatic carbocycles. The van der Waals surface area contributed by atoms with Gasteiger partial charge in [0, 0.05) is 0 Å². The molecule has 1 fully saturated rings. The van der Waals surface area contributed by atoms with Gasteiger partial charge in [-0.25, -0.2) is 0 Å². The van der Waals surface area contributed by atoms with Gasteiger partial charge in [0.15, 0.2) is 5.79 Å². The number of hydrogen-bond acceptors (Lipinski definition) is 3. The number of ketones is 1. The van der Waals surface area contributed by atoms with Gasteiger partial charge in [-0.05, 0) is 13.8 Å². The molecule has 0 amide bonds. The topological polar surface area (TPSA) is 35.5 Å². The van der Waals surface area contributed by atoms with Crippen molar-refractivity contribution in [2.75, 3.05) is 13.2 Å². The quantitative estimate of drug-likeness (QED) is 0.657. The standard InChI is InChI=1S/C7H11BrO3/c1-5(9)6(8)7(2)10-3-4-11-7/h6H,3-4H2,1-2H3. The van der Waals surface area contributed by atoms with Crippen LogP contribution in [0.5, 0.6) is 0 Å². The average molecular weight is 223 g/mol. The van der Waals surface area contributed by atoms with Gasteiger partial charge in [-0.3, -0.25) is 4.79 Å². The summed E-state index contributed by atoms with van der Waals surface area (Å²) in [5, 5.41) is 0. The Hall–Kier alpha value is 0.0700. The Morgan fingerprint density at radius 3 is 2.36 bits per heavy atom. The minimum atomic E-state index is -0.758. The molecule has 11 heavy (non-hydrogen) atoms. The molecule has 4 heteroatoms. The molecule has 0 spiro atoms. The second-order valence-corrected chi connectivity index (χ2v) is 3.60. The summed E-state index contributed by atoms with van der Waals surface area (Å²) in [6.45, 7) is 4.40. The lowest BCUT2D eigenvalue weighted by molar-refractivity contribution is -0.152. The maximum Gasteiger partial charge on any atom is 0.185 e. The highest BCUT2D eigenvalue weighted by atomic mass is 79.9. The zero-order valence-corrected chi connectivity index (χ0v) is 8.18. The predicted molar refractivity (Wildman–Crippen MR) is 43.7 cm³/mol. The lowest BCUT2D eigenvalue weighted by Gasteiger charge is -2.25. The van der Waals surface area contributed by atoms with Crippen LogP contribution in [0.4, 0.5) is 0 Å². The van der Waals surface area contributed by atoms with Gasteiger partial charge >= 0.3 is 0 Å². The minimum Gasteiger partial charge on any atom is -0.346 e. The van der Waals surface area contributed by atoms with Crippen LogP contribution in [0, 0.1) is 0 Å². The first-order valence-electron chi connectivity index (χ1n) is 3.49. The Kier molecular flexibility index (Phi) is 2.67. The minimum absolute atomic E-state index is 0.0226. The zero-order valence-electron chi connectivity index (χ0n) is 6.59. The van der Waals surface area contributed by atoms with Crippen LogP contribution in [0.15, 0.2) is 0 Å². The van der Waals surface area contributed by atoms with Gasteiger partial charge in [-0.15, -0.1) is 0 Å². The predicted octanol–water partition coefficient (Wildman–Crippen LogP) is 1.10. The molecule has 1 rings (SSSR count). The van der Waals surface area contributed by atoms with Gasteiger partial charge in [-0.2, -0.15) is 0 Å². The van der Waals surface area contributed by atoms with Crippen molar-refractivity contribution in [3.8, 4) is 0 Å². The molecule has 0 aromatic heterocycles. The summed E-state index contributed by atoms with van der Waals surface area (Å²) in [6, 6.07) is 0. The molecule has 1 saturated heterocycles. The first kappa shape index (κ1) is 9.16. The molecule has 1 heterocycles. The third-order valence-electron chi connectivity index (χ3n) is 1.68. The van der Waals surface area contributed by atoms with Gasteiger partial charge in [0.25, 0.3) is 0 Å². The SMILES string of the molecule is CC(=O)C(Br)C1(C)OCCO1. The molecule has 0 aromatic rings. The van der Waals surface area contributed by atoms with Crippen LogP contribution < -0.4 is 0 Å². The van der Waals surface area contributed by atoms with Crippen molar-refractivity contribution in [1.82, 2.24) is 0 Å². The molecular weight excluding hydrogens is 212 g/mol. The number of alkyl halides is 1. The molecule has 1 aliphatic heterocycles. The molecule has 0 N–H and O–H groups in total. The number of rotatable bonds is 2. The van der Waals surface area contributed by atoms with Crippen LogP contribution in [0.2, 0.25) is 0 Å². The van der Waals surface area contributed by atoms with E-state index in [1.165, 1.54) is 6.92 Å². The summed E-state index contributed by atoms with van der Waals surface area (Å²) in [5.74, 6) is -0.736. The molecule has 1 atom stereocenters. The summed E-state index contributed by atoms with van der Waals surface area (Å²) in [7, 11) is 0. The summed E-state index contributed by atoms with van der Waals surface area (Å²) in [4.78, 5) is 10.6. The number of Topliss-reactive ketones (excluding diaryl/α,β-unsaturated/α-hetero) is 1. The highest BCUT2D eigenvalue weighted by Gasteiger charge is 2.40. The van der Waals surface area contributed by atoms with Crippen LogP contribution in [-0.4, -0.2) is 29.6 Å². The van der Waals surface area contributed by atoms with Gasteiger partial charge in [0.05, 0.1) is 13.2 Å². The number of carbonyl (C=O) groups is 1. The highest BCUT2D eigenvalue weighted by Crippen LogP contribution is 2.28. The highest BCUT2D eigenvalue weighted by molar-refractivity contribution is 9.10. The fourth-order valence-corrected chi connectivity index (χ4v) is 1.31. The average Bonchev–Trinajstić information content (AvgIpc) is 2.35. The summed E-state index contributed by atoms with van der Waals surface area (Å²) >= 11 is 3.23. The molecule has 1 unspecified atom stereocenters. The number of hydrogen-bond donors (Lipinski definition) is 0. The zero-order chi connectivity index (χ0) is 8.48. The number of ether oxygens (including phenoxy) is 2. The smallest absolute Gasteiger partial charge is 0.185 e. The summed E-state index contributed by atoms with van der Waals surface area (Å²) < 4.78 is 10.5. The van der Waals surface area contributed by atoms with E-state index < -0.39 is 5.79 Å². The fourth-order valence-electron chi connectivity index (χ4n) is 1.05. The number of halogens is 1. The van der Waals surface area contributed by atoms with Crippen molar-refractivity contribution in [1.29, 1.82) is 0 Å². The van der Waals surface area contributed by atoms with Crippen molar-refractivity contribution < 1.29 is 14.3 Å². The molecule has 0 radical (unpaired) electrons. The third-order valence-corrected chi connectivity index (χ3v) is 3.15. The fraction of sp³-hybridized carbons (Fsp3) is 0.857. The Bertz CT molecular complexity index is 163. The van der Waals surface area contributed by atoms with E-state index in [0.29, 0.717) is 13.2 Å². The maximum atomic E-state index is 10.9. The molecule has 1 aliphatic rings. The van der Waals surface area contributed by atoms with E-state index in [1.54, 1.807) is 6.92 Å². The van der Waals surface area contributed by atoms with Gasteiger partial charge in [-0.1, -0.05) is 15.9 Å². The van der Waals surface area contributed by atoms with Gasteiger partial charge in [0.2, 0.25) is 0 Å². The van der Waals surface area contributed by atoms with Gasteiger partial charge < -0.3 is 9.47 Å². The Morgan fingerprint density at radius 2 is 2.00 bits per heavy atom. The van der Waals surface area contributed by atoms with Crippen LogP contribution in [-0.2, 0) is 14.3 Å². The maximum absolute atomic E-state index is 10.9. The van der Waals surface area contributed by atoms with E-state index in [2.05, 4.69) is 15.9 Å². The monoisotopic (exact) mass is 222 g/mol. The molecule has 0 aliphatic carbocycles. The number of carbonyl (C=O) groups excluding carboxylic acids is 1. The summed E-state index contributed by atoms with van der Waals surface area (Å²) in [6.07, 6.45) is 0. The van der Waals surface area contributed by atoms with E-state index in [-0.39, 0.29) is 10.6 Å². The summed E-state index contributed by atoms with van der Waals surface area (Å²) in [5.41, 5.74) is 0. The van der Waals surface area contributed by atoms with Crippen molar-refractivity contribution in [2.24, 2.45) is 0 Å². The Morgan fingerprint density at radius 1 is 1.55 bits per heavy atom. The second kappa shape index (κ2) is 3.21.